The van der Waals surface area contributed by atoms with Gasteiger partial charge in [0, 0.05) is 21.4 Å². The molecule has 0 unspecified atom stereocenters. The molecule has 0 aliphatic heterocycles. The first-order chi connectivity index (χ1) is 6.24. The molecule has 4 heteroatoms. The van der Waals surface area contributed by atoms with E-state index in [1.54, 1.807) is 0 Å². The minimum absolute atomic E-state index is 0.0366. The summed E-state index contributed by atoms with van der Waals surface area (Å²) in [5.74, 6) is 0.626. The molecule has 70 valence electrons. The van der Waals surface area contributed by atoms with Gasteiger partial charge >= 0.3 is 0 Å². The Hall–Kier alpha value is -0.230. The first kappa shape index (κ1) is 10.8. The SMILES string of the molecule is O=C(NCCS)c1ccc(I)cc1. The second-order valence-corrected chi connectivity index (χ2v) is 4.18. The Morgan fingerprint density at radius 1 is 1.38 bits per heavy atom. The molecule has 1 aromatic carbocycles. The predicted molar refractivity (Wildman–Crippen MR) is 65.3 cm³/mol. The molecule has 0 spiro atoms. The molecule has 0 bridgehead atoms. The number of carbonyl (C=O) groups is 1. The van der Waals surface area contributed by atoms with Gasteiger partial charge in [-0.25, -0.2) is 0 Å². The lowest BCUT2D eigenvalue weighted by Crippen LogP contribution is -2.25. The highest BCUT2D eigenvalue weighted by Gasteiger charge is 2.02. The number of amides is 1. The van der Waals surface area contributed by atoms with Gasteiger partial charge in [-0.05, 0) is 46.9 Å². The number of carbonyl (C=O) groups excluding carboxylic acids is 1. The molecule has 1 aromatic rings. The lowest BCUT2D eigenvalue weighted by atomic mass is 10.2. The van der Waals surface area contributed by atoms with Gasteiger partial charge in [0.1, 0.15) is 0 Å². The summed E-state index contributed by atoms with van der Waals surface area (Å²) in [5.41, 5.74) is 0.696. The quantitative estimate of drug-likeness (QED) is 0.649. The minimum atomic E-state index is -0.0366. The summed E-state index contributed by atoms with van der Waals surface area (Å²) in [5, 5.41) is 2.75. The van der Waals surface area contributed by atoms with Crippen LogP contribution in [0.25, 0.3) is 0 Å². The second kappa shape index (κ2) is 5.49. The standard InChI is InChI=1S/C9H10INOS/c10-8-3-1-7(2-4-8)9(12)11-5-6-13/h1-4,13H,5-6H2,(H,11,12). The first-order valence-corrected chi connectivity index (χ1v) is 5.60. The number of thiol groups is 1. The van der Waals surface area contributed by atoms with E-state index in [4.69, 9.17) is 0 Å². The van der Waals surface area contributed by atoms with E-state index in [1.807, 2.05) is 24.3 Å². The fourth-order valence-electron chi connectivity index (χ4n) is 0.873. The summed E-state index contributed by atoms with van der Waals surface area (Å²) in [6, 6.07) is 7.46. The molecule has 0 fully saturated rings. The molecule has 1 amide bonds. The average Bonchev–Trinajstić information content (AvgIpc) is 2.15. The highest BCUT2D eigenvalue weighted by atomic mass is 127. The van der Waals surface area contributed by atoms with Crippen LogP contribution in [0.1, 0.15) is 10.4 Å². The zero-order valence-corrected chi connectivity index (χ0v) is 10.0. The lowest BCUT2D eigenvalue weighted by Gasteiger charge is -2.02. The van der Waals surface area contributed by atoms with Gasteiger partial charge in [0.15, 0.2) is 0 Å². The molecule has 0 saturated heterocycles. The van der Waals surface area contributed by atoms with Gasteiger partial charge in [-0.1, -0.05) is 0 Å². The van der Waals surface area contributed by atoms with E-state index in [-0.39, 0.29) is 5.91 Å². The highest BCUT2D eigenvalue weighted by Crippen LogP contribution is 2.06. The fourth-order valence-corrected chi connectivity index (χ4v) is 1.34. The van der Waals surface area contributed by atoms with Crippen LogP contribution >= 0.6 is 35.2 Å². The van der Waals surface area contributed by atoms with Gasteiger partial charge in [-0.2, -0.15) is 12.6 Å². The molecule has 0 radical (unpaired) electrons. The van der Waals surface area contributed by atoms with Crippen LogP contribution in [-0.4, -0.2) is 18.2 Å². The largest absolute Gasteiger partial charge is 0.351 e. The number of hydrogen-bond donors (Lipinski definition) is 2. The van der Waals surface area contributed by atoms with Gasteiger partial charge in [-0.3, -0.25) is 4.79 Å². The number of hydrogen-bond acceptors (Lipinski definition) is 2. The molecule has 1 rings (SSSR count). The van der Waals surface area contributed by atoms with Gasteiger partial charge in [0.2, 0.25) is 0 Å². The van der Waals surface area contributed by atoms with Gasteiger partial charge in [0.25, 0.3) is 5.91 Å². The van der Waals surface area contributed by atoms with Gasteiger partial charge in [-0.15, -0.1) is 0 Å². The Morgan fingerprint density at radius 3 is 2.54 bits per heavy atom. The van der Waals surface area contributed by atoms with Crippen LogP contribution in [0.15, 0.2) is 24.3 Å². The van der Waals surface area contributed by atoms with Crippen molar-refractivity contribution in [2.75, 3.05) is 12.3 Å². The molecule has 2 nitrogen and oxygen atoms in total. The molecule has 0 heterocycles. The lowest BCUT2D eigenvalue weighted by molar-refractivity contribution is 0.0956. The van der Waals surface area contributed by atoms with E-state index in [1.165, 1.54) is 0 Å². The molecule has 1 N–H and O–H groups in total. The Balaban J connectivity index is 2.61. The second-order valence-electron chi connectivity index (χ2n) is 2.49. The van der Waals surface area contributed by atoms with Crippen molar-refractivity contribution in [2.45, 2.75) is 0 Å². The summed E-state index contributed by atoms with van der Waals surface area (Å²) in [7, 11) is 0. The summed E-state index contributed by atoms with van der Waals surface area (Å²) in [4.78, 5) is 11.4. The Labute approximate surface area is 96.7 Å². The van der Waals surface area contributed by atoms with E-state index in [9.17, 15) is 4.79 Å². The summed E-state index contributed by atoms with van der Waals surface area (Å²) in [6.45, 7) is 0.605. The monoisotopic (exact) mass is 307 g/mol. The number of halogens is 1. The van der Waals surface area contributed by atoms with Crippen LogP contribution < -0.4 is 5.32 Å². The van der Waals surface area contributed by atoms with Crippen LogP contribution in [0.3, 0.4) is 0 Å². The van der Waals surface area contributed by atoms with E-state index in [0.29, 0.717) is 17.9 Å². The molecular formula is C9H10INOS. The van der Waals surface area contributed by atoms with Crippen LogP contribution in [0.2, 0.25) is 0 Å². The van der Waals surface area contributed by atoms with Crippen LogP contribution in [-0.2, 0) is 0 Å². The van der Waals surface area contributed by atoms with Gasteiger partial charge < -0.3 is 5.32 Å². The summed E-state index contributed by atoms with van der Waals surface area (Å²) < 4.78 is 1.13. The van der Waals surface area contributed by atoms with Crippen molar-refractivity contribution >= 4 is 41.1 Å². The maximum absolute atomic E-state index is 11.4. The van der Waals surface area contributed by atoms with Crippen LogP contribution in [0.5, 0.6) is 0 Å². The van der Waals surface area contributed by atoms with E-state index in [0.717, 1.165) is 3.57 Å². The topological polar surface area (TPSA) is 29.1 Å². The fraction of sp³-hybridized carbons (Fsp3) is 0.222. The van der Waals surface area contributed by atoms with Crippen molar-refractivity contribution in [2.24, 2.45) is 0 Å². The van der Waals surface area contributed by atoms with E-state index in [2.05, 4.69) is 40.5 Å². The van der Waals surface area contributed by atoms with Gasteiger partial charge in [0.05, 0.1) is 0 Å². The smallest absolute Gasteiger partial charge is 0.251 e. The van der Waals surface area contributed by atoms with Crippen LogP contribution in [0.4, 0.5) is 0 Å². The zero-order valence-electron chi connectivity index (χ0n) is 6.96. The third-order valence-corrected chi connectivity index (χ3v) is 2.45. The number of benzene rings is 1. The van der Waals surface area contributed by atoms with Crippen molar-refractivity contribution in [3.8, 4) is 0 Å². The zero-order chi connectivity index (χ0) is 9.68. The number of nitrogens with one attached hydrogen (secondary N) is 1. The van der Waals surface area contributed by atoms with Crippen molar-refractivity contribution in [3.63, 3.8) is 0 Å². The Morgan fingerprint density at radius 2 is 2.00 bits per heavy atom. The van der Waals surface area contributed by atoms with Crippen molar-refractivity contribution in [1.82, 2.24) is 5.32 Å². The third-order valence-electron chi connectivity index (χ3n) is 1.50. The van der Waals surface area contributed by atoms with Crippen LogP contribution in [0, 0.1) is 3.57 Å². The molecule has 0 saturated carbocycles. The van der Waals surface area contributed by atoms with E-state index < -0.39 is 0 Å². The number of rotatable bonds is 3. The normalized spacial score (nSPS) is 9.69. The molecule has 0 atom stereocenters. The third kappa shape index (κ3) is 3.56. The van der Waals surface area contributed by atoms with E-state index >= 15 is 0 Å². The maximum atomic E-state index is 11.4. The maximum Gasteiger partial charge on any atom is 0.251 e. The predicted octanol–water partition coefficient (Wildman–Crippen LogP) is 1.95. The average molecular weight is 307 g/mol. The van der Waals surface area contributed by atoms with Crippen molar-refractivity contribution < 1.29 is 4.79 Å². The summed E-state index contributed by atoms with van der Waals surface area (Å²) >= 11 is 6.21. The Bertz CT molecular complexity index is 286. The molecule has 13 heavy (non-hydrogen) atoms. The van der Waals surface area contributed by atoms with Crippen molar-refractivity contribution in [3.05, 3.63) is 33.4 Å². The first-order valence-electron chi connectivity index (χ1n) is 3.88. The van der Waals surface area contributed by atoms with Crippen molar-refractivity contribution in [1.29, 1.82) is 0 Å². The molecule has 0 aliphatic carbocycles. The molecule has 0 aliphatic rings. The molecule has 0 aromatic heterocycles. The highest BCUT2D eigenvalue weighted by molar-refractivity contribution is 14.1. The summed E-state index contributed by atoms with van der Waals surface area (Å²) in [6.07, 6.45) is 0. The Kier molecular flexibility index (Phi) is 4.58. The molecular weight excluding hydrogens is 297 g/mol. The minimum Gasteiger partial charge on any atom is -0.351 e.